The first kappa shape index (κ1) is 30.7. The normalized spacial score (nSPS) is 16.0. The van der Waals surface area contributed by atoms with Gasteiger partial charge < -0.3 is 25.6 Å². The minimum absolute atomic E-state index is 0.0516. The molecule has 1 saturated heterocycles. The Hall–Kier alpha value is -4.78. The van der Waals surface area contributed by atoms with Gasteiger partial charge in [0.25, 0.3) is 0 Å². The molecule has 0 bridgehead atoms. The van der Waals surface area contributed by atoms with Crippen molar-refractivity contribution in [1.82, 2.24) is 19.9 Å². The van der Waals surface area contributed by atoms with E-state index in [0.717, 1.165) is 53.8 Å². The number of nitrogens with zero attached hydrogens (tertiary/aromatic N) is 5. The van der Waals surface area contributed by atoms with E-state index in [-0.39, 0.29) is 18.3 Å². The Morgan fingerprint density at radius 2 is 1.75 bits per heavy atom. The van der Waals surface area contributed by atoms with Crippen LogP contribution in [-0.4, -0.2) is 77.2 Å². The molecule has 0 unspecified atom stereocenters. The molecule has 2 amide bonds. The van der Waals surface area contributed by atoms with Crippen LogP contribution in [0, 0.1) is 0 Å². The Morgan fingerprint density at radius 3 is 2.39 bits per heavy atom. The van der Waals surface area contributed by atoms with Gasteiger partial charge in [0.1, 0.15) is 5.82 Å². The number of hydrogen-bond acceptors (Lipinski definition) is 8. The van der Waals surface area contributed by atoms with Crippen molar-refractivity contribution in [1.29, 1.82) is 0 Å². The predicted octanol–water partition coefficient (Wildman–Crippen LogP) is 4.26. The number of carbonyl (C=O) groups is 2. The molecule has 2 aromatic heterocycles. The van der Waals surface area contributed by atoms with Crippen molar-refractivity contribution in [3.05, 3.63) is 77.6 Å². The second-order valence-electron chi connectivity index (χ2n) is 10.5. The van der Waals surface area contributed by atoms with Crippen molar-refractivity contribution in [2.24, 2.45) is 0 Å². The Balaban J connectivity index is 1.24. The molecule has 0 saturated carbocycles. The van der Waals surface area contributed by atoms with Gasteiger partial charge in [0.2, 0.25) is 17.8 Å². The second kappa shape index (κ2) is 13.2. The second-order valence-corrected chi connectivity index (χ2v) is 10.5. The zero-order valence-corrected chi connectivity index (χ0v) is 24.1. The maximum absolute atomic E-state index is 13.1. The molecule has 0 radical (unpaired) electrons. The summed E-state index contributed by atoms with van der Waals surface area (Å²) >= 11 is 0. The highest BCUT2D eigenvalue weighted by Gasteiger charge is 2.30. The topological polar surface area (TPSA) is 127 Å². The number of halogens is 3. The average molecular weight is 608 g/mol. The van der Waals surface area contributed by atoms with Gasteiger partial charge in [-0.1, -0.05) is 18.2 Å². The molecule has 3 aromatic rings. The van der Waals surface area contributed by atoms with Crippen LogP contribution in [0.5, 0.6) is 0 Å². The summed E-state index contributed by atoms with van der Waals surface area (Å²) in [5, 5.41) is 2.41. The van der Waals surface area contributed by atoms with Crippen LogP contribution in [0.1, 0.15) is 24.5 Å². The van der Waals surface area contributed by atoms with Gasteiger partial charge in [-0.15, -0.1) is 0 Å². The van der Waals surface area contributed by atoms with Crippen LogP contribution >= 0.6 is 0 Å². The van der Waals surface area contributed by atoms with Crippen molar-refractivity contribution in [2.75, 3.05) is 55.3 Å². The number of anilines is 3. The molecule has 2 aliphatic heterocycles. The molecule has 4 heterocycles. The molecule has 2 aliphatic rings. The standard InChI is InChI=1S/C31H32F3N7O3/c1-20(31(32,33)34)14-28(42)38-25-4-2-21(3-5-25)15-29(43)41-8-6-22(7-9-41)23-16-26(24-18-36-30(35)37-19-24)39-27(17-23)40-10-12-44-13-11-40/h2-6,14,16-19H,7-13,15H2,1H3,(H,38,42)(H2,35,36,37)/b20-14+. The van der Waals surface area contributed by atoms with Gasteiger partial charge in [0, 0.05) is 61.5 Å². The third kappa shape index (κ3) is 7.78. The molecule has 230 valence electrons. The lowest BCUT2D eigenvalue weighted by atomic mass is 9.98. The Bertz CT molecular complexity index is 1570. The number of benzene rings is 1. The fraction of sp³-hybridized carbons (Fsp3) is 0.323. The SMILES string of the molecule is C/C(=C\C(=O)Nc1ccc(CC(=O)N2CC=C(c3cc(-c4cnc(N)nc4)nc(N4CCOCC4)c3)CC2)cc1)C(F)(F)F. The molecule has 10 nitrogen and oxygen atoms in total. The van der Waals surface area contributed by atoms with E-state index in [4.69, 9.17) is 15.5 Å². The van der Waals surface area contributed by atoms with E-state index in [1.807, 2.05) is 6.07 Å². The largest absolute Gasteiger partial charge is 0.412 e. The minimum Gasteiger partial charge on any atom is -0.378 e. The Labute approximate surface area is 252 Å². The molecule has 0 aliphatic carbocycles. The van der Waals surface area contributed by atoms with E-state index in [0.29, 0.717) is 44.5 Å². The molecule has 5 rings (SSSR count). The zero-order valence-electron chi connectivity index (χ0n) is 24.1. The first-order valence-corrected chi connectivity index (χ1v) is 14.1. The van der Waals surface area contributed by atoms with Crippen LogP contribution < -0.4 is 16.0 Å². The van der Waals surface area contributed by atoms with Gasteiger partial charge in [-0.3, -0.25) is 9.59 Å². The first-order valence-electron chi connectivity index (χ1n) is 14.1. The Morgan fingerprint density at radius 1 is 1.05 bits per heavy atom. The molecule has 3 N–H and O–H groups in total. The number of nitrogen functional groups attached to an aromatic ring is 1. The quantitative estimate of drug-likeness (QED) is 0.382. The molecule has 1 aromatic carbocycles. The highest BCUT2D eigenvalue weighted by Crippen LogP contribution is 2.30. The van der Waals surface area contributed by atoms with Gasteiger partial charge in [-0.05, 0) is 54.3 Å². The number of rotatable bonds is 7. The number of alkyl halides is 3. The van der Waals surface area contributed by atoms with Crippen molar-refractivity contribution >= 4 is 34.8 Å². The number of ether oxygens (including phenoxy) is 1. The third-order valence-corrected chi connectivity index (χ3v) is 7.42. The van der Waals surface area contributed by atoms with E-state index in [1.165, 1.54) is 0 Å². The average Bonchev–Trinajstić information content (AvgIpc) is 3.02. The highest BCUT2D eigenvalue weighted by atomic mass is 19.4. The minimum atomic E-state index is -4.56. The smallest absolute Gasteiger partial charge is 0.378 e. The number of hydrogen-bond donors (Lipinski definition) is 2. The molecule has 0 atom stereocenters. The summed E-state index contributed by atoms with van der Waals surface area (Å²) < 4.78 is 43.5. The van der Waals surface area contributed by atoms with E-state index < -0.39 is 17.7 Å². The van der Waals surface area contributed by atoms with Crippen LogP contribution in [-0.2, 0) is 20.7 Å². The molecular formula is C31H32F3N7O3. The number of aromatic nitrogens is 3. The summed E-state index contributed by atoms with van der Waals surface area (Å²) in [6.07, 6.45) is 2.12. The molecular weight excluding hydrogens is 575 g/mol. The summed E-state index contributed by atoms with van der Waals surface area (Å²) in [7, 11) is 0. The van der Waals surface area contributed by atoms with Crippen LogP contribution in [0.4, 0.5) is 30.6 Å². The lowest BCUT2D eigenvalue weighted by Crippen LogP contribution is -2.37. The summed E-state index contributed by atoms with van der Waals surface area (Å²) in [5.41, 5.74) is 9.35. The first-order chi connectivity index (χ1) is 21.0. The predicted molar refractivity (Wildman–Crippen MR) is 160 cm³/mol. The maximum Gasteiger partial charge on any atom is 0.412 e. The zero-order chi connectivity index (χ0) is 31.3. The number of carbonyl (C=O) groups excluding carboxylic acids is 2. The summed E-state index contributed by atoms with van der Waals surface area (Å²) in [5.74, 6) is 0.0975. The van der Waals surface area contributed by atoms with Crippen molar-refractivity contribution in [2.45, 2.75) is 25.9 Å². The lowest BCUT2D eigenvalue weighted by molar-refractivity contribution is -0.130. The summed E-state index contributed by atoms with van der Waals surface area (Å²) in [6, 6.07) is 10.5. The van der Waals surface area contributed by atoms with Gasteiger partial charge in [-0.2, -0.15) is 13.2 Å². The van der Waals surface area contributed by atoms with E-state index >= 15 is 0 Å². The van der Waals surface area contributed by atoms with Crippen molar-refractivity contribution in [3.8, 4) is 11.3 Å². The van der Waals surface area contributed by atoms with Crippen LogP contribution in [0.3, 0.4) is 0 Å². The van der Waals surface area contributed by atoms with Gasteiger partial charge in [0.05, 0.1) is 25.3 Å². The maximum atomic E-state index is 13.1. The number of nitrogens with one attached hydrogen (secondary N) is 1. The van der Waals surface area contributed by atoms with E-state index in [1.54, 1.807) is 41.6 Å². The number of pyridine rings is 1. The van der Waals surface area contributed by atoms with E-state index in [9.17, 15) is 22.8 Å². The van der Waals surface area contributed by atoms with Gasteiger partial charge in [0.15, 0.2) is 0 Å². The number of nitrogens with two attached hydrogens (primary N) is 1. The fourth-order valence-corrected chi connectivity index (χ4v) is 4.88. The highest BCUT2D eigenvalue weighted by molar-refractivity contribution is 5.99. The van der Waals surface area contributed by atoms with Crippen LogP contribution in [0.15, 0.2) is 66.5 Å². The molecule has 0 spiro atoms. The van der Waals surface area contributed by atoms with Crippen molar-refractivity contribution < 1.29 is 27.5 Å². The van der Waals surface area contributed by atoms with E-state index in [2.05, 4.69) is 32.3 Å². The number of morpholine rings is 1. The molecule has 13 heteroatoms. The number of allylic oxidation sites excluding steroid dienone is 1. The monoisotopic (exact) mass is 607 g/mol. The lowest BCUT2D eigenvalue weighted by Gasteiger charge is -2.30. The van der Waals surface area contributed by atoms with Gasteiger partial charge in [-0.25, -0.2) is 15.0 Å². The van der Waals surface area contributed by atoms with Gasteiger partial charge >= 0.3 is 6.18 Å². The Kier molecular flexibility index (Phi) is 9.23. The van der Waals surface area contributed by atoms with Crippen LogP contribution in [0.2, 0.25) is 0 Å². The van der Waals surface area contributed by atoms with Crippen LogP contribution in [0.25, 0.3) is 16.8 Å². The third-order valence-electron chi connectivity index (χ3n) is 7.42. The summed E-state index contributed by atoms with van der Waals surface area (Å²) in [6.45, 7) is 4.54. The molecule has 44 heavy (non-hydrogen) atoms. The van der Waals surface area contributed by atoms with Crippen molar-refractivity contribution in [3.63, 3.8) is 0 Å². The summed E-state index contributed by atoms with van der Waals surface area (Å²) in [4.78, 5) is 42.0. The fourth-order valence-electron chi connectivity index (χ4n) is 4.88. The number of amides is 2. The molecule has 1 fully saturated rings.